The van der Waals surface area contributed by atoms with Gasteiger partial charge in [0.15, 0.2) is 6.61 Å². The SMILES string of the molecule is CC(C)C(C)Sc1cc2c(cc1N)OCC(=O)N2. The molecule has 1 unspecified atom stereocenters. The normalized spacial score (nSPS) is 15.9. The fourth-order valence-electron chi connectivity index (χ4n) is 1.56. The van der Waals surface area contributed by atoms with Crippen LogP contribution in [0.15, 0.2) is 17.0 Å². The molecule has 1 atom stereocenters. The molecule has 18 heavy (non-hydrogen) atoms. The molecule has 0 saturated heterocycles. The van der Waals surface area contributed by atoms with Crippen LogP contribution in [0.25, 0.3) is 0 Å². The number of carbonyl (C=O) groups is 1. The summed E-state index contributed by atoms with van der Waals surface area (Å²) in [5, 5.41) is 3.26. The van der Waals surface area contributed by atoms with Crippen molar-refractivity contribution in [2.24, 2.45) is 5.92 Å². The van der Waals surface area contributed by atoms with Crippen molar-refractivity contribution in [2.45, 2.75) is 30.9 Å². The summed E-state index contributed by atoms with van der Waals surface area (Å²) >= 11 is 1.72. The van der Waals surface area contributed by atoms with Crippen LogP contribution in [0.5, 0.6) is 5.75 Å². The van der Waals surface area contributed by atoms with E-state index in [2.05, 4.69) is 26.1 Å². The Morgan fingerprint density at radius 1 is 1.39 bits per heavy atom. The van der Waals surface area contributed by atoms with Crippen LogP contribution in [0.4, 0.5) is 11.4 Å². The smallest absolute Gasteiger partial charge is 0.262 e. The third-order valence-electron chi connectivity index (χ3n) is 3.00. The van der Waals surface area contributed by atoms with E-state index >= 15 is 0 Å². The zero-order valence-electron chi connectivity index (χ0n) is 10.8. The topological polar surface area (TPSA) is 64.3 Å². The maximum Gasteiger partial charge on any atom is 0.262 e. The lowest BCUT2D eigenvalue weighted by atomic mass is 10.2. The van der Waals surface area contributed by atoms with E-state index in [1.807, 2.05) is 6.07 Å². The highest BCUT2D eigenvalue weighted by Crippen LogP contribution is 2.39. The first-order chi connectivity index (χ1) is 8.47. The number of benzene rings is 1. The number of thioether (sulfide) groups is 1. The van der Waals surface area contributed by atoms with Crippen molar-refractivity contribution in [3.8, 4) is 5.75 Å². The van der Waals surface area contributed by atoms with Crippen LogP contribution in [0.2, 0.25) is 0 Å². The van der Waals surface area contributed by atoms with Gasteiger partial charge in [0, 0.05) is 21.9 Å². The molecule has 5 heteroatoms. The largest absolute Gasteiger partial charge is 0.482 e. The molecule has 2 rings (SSSR count). The molecule has 1 aliphatic rings. The second-order valence-corrected chi connectivity index (χ2v) is 6.21. The van der Waals surface area contributed by atoms with Gasteiger partial charge in [-0.25, -0.2) is 0 Å². The zero-order valence-corrected chi connectivity index (χ0v) is 11.6. The van der Waals surface area contributed by atoms with E-state index < -0.39 is 0 Å². The van der Waals surface area contributed by atoms with Crippen LogP contribution in [0.1, 0.15) is 20.8 Å². The second-order valence-electron chi connectivity index (χ2n) is 4.79. The van der Waals surface area contributed by atoms with Crippen molar-refractivity contribution in [3.05, 3.63) is 12.1 Å². The monoisotopic (exact) mass is 266 g/mol. The fourth-order valence-corrected chi connectivity index (χ4v) is 2.61. The van der Waals surface area contributed by atoms with Crippen LogP contribution in [0, 0.1) is 5.92 Å². The molecule has 3 N–H and O–H groups in total. The summed E-state index contributed by atoms with van der Waals surface area (Å²) in [6, 6.07) is 3.68. The molecule has 0 spiro atoms. The highest BCUT2D eigenvalue weighted by atomic mass is 32.2. The van der Waals surface area contributed by atoms with Crippen molar-refractivity contribution in [3.63, 3.8) is 0 Å². The van der Waals surface area contributed by atoms with E-state index in [-0.39, 0.29) is 12.5 Å². The standard InChI is InChI=1S/C13H18N2O2S/c1-7(2)8(3)18-12-5-10-11(4-9(12)14)17-6-13(16)15-10/h4-5,7-8H,6,14H2,1-3H3,(H,15,16). The Balaban J connectivity index is 2.26. The maximum atomic E-state index is 11.3. The van der Waals surface area contributed by atoms with Gasteiger partial charge in [-0.1, -0.05) is 20.8 Å². The van der Waals surface area contributed by atoms with E-state index in [1.165, 1.54) is 0 Å². The van der Waals surface area contributed by atoms with Gasteiger partial charge in [0.05, 0.1) is 5.69 Å². The van der Waals surface area contributed by atoms with Crippen molar-refractivity contribution in [1.29, 1.82) is 0 Å². The van der Waals surface area contributed by atoms with E-state index in [0.717, 1.165) is 4.90 Å². The molecule has 0 aromatic heterocycles. The van der Waals surface area contributed by atoms with Gasteiger partial charge in [0.2, 0.25) is 0 Å². The molecule has 1 amide bonds. The van der Waals surface area contributed by atoms with Crippen LogP contribution in [-0.2, 0) is 4.79 Å². The van der Waals surface area contributed by atoms with Crippen LogP contribution < -0.4 is 15.8 Å². The summed E-state index contributed by atoms with van der Waals surface area (Å²) in [7, 11) is 0. The van der Waals surface area contributed by atoms with Crippen LogP contribution >= 0.6 is 11.8 Å². The Labute approximate surface area is 111 Å². The summed E-state index contributed by atoms with van der Waals surface area (Å²) in [4.78, 5) is 12.3. The Bertz CT molecular complexity index is 474. The van der Waals surface area contributed by atoms with Gasteiger partial charge >= 0.3 is 0 Å². The minimum atomic E-state index is -0.125. The van der Waals surface area contributed by atoms with E-state index in [4.69, 9.17) is 10.5 Å². The number of hydrogen-bond acceptors (Lipinski definition) is 4. The molecular weight excluding hydrogens is 248 g/mol. The zero-order chi connectivity index (χ0) is 13.3. The van der Waals surface area contributed by atoms with Crippen molar-refractivity contribution >= 4 is 29.0 Å². The summed E-state index contributed by atoms with van der Waals surface area (Å²) in [5.74, 6) is 1.09. The van der Waals surface area contributed by atoms with Gasteiger partial charge in [-0.3, -0.25) is 4.79 Å². The van der Waals surface area contributed by atoms with E-state index in [9.17, 15) is 4.79 Å². The molecule has 0 fully saturated rings. The van der Waals surface area contributed by atoms with E-state index in [0.29, 0.717) is 28.3 Å². The van der Waals surface area contributed by atoms with Crippen molar-refractivity contribution in [2.75, 3.05) is 17.7 Å². The predicted octanol–water partition coefficient (Wildman–Crippen LogP) is 2.74. The number of carbonyl (C=O) groups excluding carboxylic acids is 1. The van der Waals surface area contributed by atoms with Gasteiger partial charge in [-0.15, -0.1) is 11.8 Å². The second kappa shape index (κ2) is 5.10. The maximum absolute atomic E-state index is 11.3. The Morgan fingerprint density at radius 3 is 2.78 bits per heavy atom. The molecule has 0 saturated carbocycles. The molecule has 1 heterocycles. The molecule has 1 aromatic rings. The predicted molar refractivity (Wildman–Crippen MR) is 75.1 cm³/mol. The first-order valence-electron chi connectivity index (χ1n) is 6.00. The molecule has 0 aliphatic carbocycles. The number of ether oxygens (including phenoxy) is 1. The number of nitrogens with one attached hydrogen (secondary N) is 1. The number of fused-ring (bicyclic) bond motifs is 1. The van der Waals surface area contributed by atoms with Gasteiger partial charge in [0.1, 0.15) is 5.75 Å². The lowest BCUT2D eigenvalue weighted by Crippen LogP contribution is -2.25. The van der Waals surface area contributed by atoms with Crippen molar-refractivity contribution in [1.82, 2.24) is 0 Å². The third kappa shape index (κ3) is 2.72. The molecule has 1 aromatic carbocycles. The highest BCUT2D eigenvalue weighted by molar-refractivity contribution is 8.00. The Morgan fingerprint density at radius 2 is 2.11 bits per heavy atom. The Kier molecular flexibility index (Phi) is 3.71. The lowest BCUT2D eigenvalue weighted by molar-refractivity contribution is -0.118. The Hall–Kier alpha value is -1.36. The molecule has 98 valence electrons. The number of nitrogen functional groups attached to an aromatic ring is 1. The summed E-state index contributed by atoms with van der Waals surface area (Å²) in [5.41, 5.74) is 7.42. The molecule has 4 nitrogen and oxygen atoms in total. The number of rotatable bonds is 3. The molecule has 0 radical (unpaired) electrons. The average Bonchev–Trinajstić information content (AvgIpc) is 2.30. The number of anilines is 2. The first kappa shape index (κ1) is 13.1. The minimum Gasteiger partial charge on any atom is -0.482 e. The highest BCUT2D eigenvalue weighted by Gasteiger charge is 2.19. The fraction of sp³-hybridized carbons (Fsp3) is 0.462. The minimum absolute atomic E-state index is 0.0569. The lowest BCUT2D eigenvalue weighted by Gasteiger charge is -2.21. The molecule has 1 aliphatic heterocycles. The average molecular weight is 266 g/mol. The van der Waals surface area contributed by atoms with Gasteiger partial charge in [-0.2, -0.15) is 0 Å². The third-order valence-corrected chi connectivity index (χ3v) is 4.52. The van der Waals surface area contributed by atoms with Crippen LogP contribution in [0.3, 0.4) is 0 Å². The number of nitrogens with two attached hydrogens (primary N) is 1. The quantitative estimate of drug-likeness (QED) is 0.652. The first-order valence-corrected chi connectivity index (χ1v) is 6.88. The number of hydrogen-bond donors (Lipinski definition) is 2. The number of amides is 1. The molecule has 0 bridgehead atoms. The van der Waals surface area contributed by atoms with E-state index in [1.54, 1.807) is 17.8 Å². The van der Waals surface area contributed by atoms with Crippen molar-refractivity contribution < 1.29 is 9.53 Å². The van der Waals surface area contributed by atoms with Crippen LogP contribution in [-0.4, -0.2) is 17.8 Å². The summed E-state index contributed by atoms with van der Waals surface area (Å²) < 4.78 is 5.32. The summed E-state index contributed by atoms with van der Waals surface area (Å²) in [6.45, 7) is 6.58. The summed E-state index contributed by atoms with van der Waals surface area (Å²) in [6.07, 6.45) is 0. The van der Waals surface area contributed by atoms with Gasteiger partial charge in [0.25, 0.3) is 5.91 Å². The molecular formula is C13H18N2O2S. The van der Waals surface area contributed by atoms with Gasteiger partial charge < -0.3 is 15.8 Å². The van der Waals surface area contributed by atoms with Gasteiger partial charge in [-0.05, 0) is 12.0 Å².